The van der Waals surface area contributed by atoms with E-state index in [0.29, 0.717) is 5.13 Å². The molecule has 0 aliphatic rings. The highest BCUT2D eigenvalue weighted by molar-refractivity contribution is 7.16. The third kappa shape index (κ3) is 3.44. The van der Waals surface area contributed by atoms with E-state index in [1.54, 1.807) is 13.2 Å². The largest absolute Gasteiger partial charge is 0.497 e. The molecule has 6 heteroatoms. The minimum atomic E-state index is -0.447. The molecule has 1 heterocycles. The van der Waals surface area contributed by atoms with E-state index in [1.165, 1.54) is 29.5 Å². The number of aryl methyl sites for hydroxylation is 1. The number of nitrogens with zero attached hydrogens (tertiary/aromatic N) is 1. The lowest BCUT2D eigenvalue weighted by Crippen LogP contribution is -2.11. The molecule has 0 atom stereocenters. The van der Waals surface area contributed by atoms with E-state index < -0.39 is 5.82 Å². The molecule has 24 heavy (non-hydrogen) atoms. The maximum absolute atomic E-state index is 13.2. The second kappa shape index (κ2) is 6.80. The van der Waals surface area contributed by atoms with Crippen molar-refractivity contribution in [1.82, 2.24) is 4.98 Å². The lowest BCUT2D eigenvalue weighted by Gasteiger charge is -2.02. The summed E-state index contributed by atoms with van der Waals surface area (Å²) in [6.07, 6.45) is 0. The van der Waals surface area contributed by atoms with Crippen molar-refractivity contribution in [3.05, 3.63) is 64.8 Å². The summed E-state index contributed by atoms with van der Waals surface area (Å²) in [5, 5.41) is 3.20. The molecule has 0 aliphatic heterocycles. The van der Waals surface area contributed by atoms with Gasteiger partial charge in [0.15, 0.2) is 5.13 Å². The highest BCUT2D eigenvalue weighted by atomic mass is 32.1. The van der Waals surface area contributed by atoms with Gasteiger partial charge < -0.3 is 4.74 Å². The molecule has 0 spiro atoms. The minimum Gasteiger partial charge on any atom is -0.497 e. The van der Waals surface area contributed by atoms with Crippen LogP contribution >= 0.6 is 11.3 Å². The number of aromatic nitrogens is 1. The minimum absolute atomic E-state index is 0.258. The van der Waals surface area contributed by atoms with E-state index in [0.717, 1.165) is 21.9 Å². The number of thiazole rings is 1. The summed E-state index contributed by atoms with van der Waals surface area (Å²) in [6.45, 7) is 1.94. The Morgan fingerprint density at radius 2 is 1.96 bits per heavy atom. The van der Waals surface area contributed by atoms with Crippen LogP contribution < -0.4 is 10.1 Å². The molecule has 0 saturated heterocycles. The Labute approximate surface area is 142 Å². The second-order valence-electron chi connectivity index (χ2n) is 5.12. The van der Waals surface area contributed by atoms with Crippen LogP contribution in [0.2, 0.25) is 0 Å². The van der Waals surface area contributed by atoms with Crippen molar-refractivity contribution < 1.29 is 13.9 Å². The van der Waals surface area contributed by atoms with Crippen LogP contribution in [-0.4, -0.2) is 18.0 Å². The lowest BCUT2D eigenvalue weighted by atomic mass is 10.1. The van der Waals surface area contributed by atoms with Crippen molar-refractivity contribution in [3.63, 3.8) is 0 Å². The first kappa shape index (κ1) is 16.1. The van der Waals surface area contributed by atoms with Gasteiger partial charge >= 0.3 is 0 Å². The topological polar surface area (TPSA) is 51.2 Å². The lowest BCUT2D eigenvalue weighted by molar-refractivity contribution is 0.102. The molecule has 0 aliphatic carbocycles. The SMILES string of the molecule is COc1ccc(-c2nc(NC(=O)c3cccc(F)c3)sc2C)cc1. The number of methoxy groups -OCH3 is 1. The fourth-order valence-electron chi connectivity index (χ4n) is 2.27. The zero-order chi connectivity index (χ0) is 17.1. The molecule has 1 N–H and O–H groups in total. The number of carbonyl (C=O) groups is 1. The number of rotatable bonds is 4. The number of hydrogen-bond donors (Lipinski definition) is 1. The van der Waals surface area contributed by atoms with Gasteiger partial charge in [0.2, 0.25) is 0 Å². The quantitative estimate of drug-likeness (QED) is 0.758. The molecule has 3 rings (SSSR count). The summed E-state index contributed by atoms with van der Waals surface area (Å²) in [6, 6.07) is 13.1. The average Bonchev–Trinajstić information content (AvgIpc) is 2.95. The van der Waals surface area contributed by atoms with Gasteiger partial charge in [-0.15, -0.1) is 11.3 Å². The first-order valence-corrected chi connectivity index (χ1v) is 8.07. The van der Waals surface area contributed by atoms with Crippen molar-refractivity contribution in [2.24, 2.45) is 0 Å². The Hall–Kier alpha value is -2.73. The summed E-state index contributed by atoms with van der Waals surface area (Å²) >= 11 is 1.38. The Morgan fingerprint density at radius 3 is 2.62 bits per heavy atom. The first-order valence-electron chi connectivity index (χ1n) is 7.25. The molecule has 4 nitrogen and oxygen atoms in total. The van der Waals surface area contributed by atoms with Gasteiger partial charge in [-0.25, -0.2) is 9.37 Å². The van der Waals surface area contributed by atoms with Crippen LogP contribution in [0.4, 0.5) is 9.52 Å². The van der Waals surface area contributed by atoms with E-state index in [9.17, 15) is 9.18 Å². The molecule has 0 saturated carbocycles. The summed E-state index contributed by atoms with van der Waals surface area (Å²) in [7, 11) is 1.61. The van der Waals surface area contributed by atoms with Crippen LogP contribution in [0.3, 0.4) is 0 Å². The van der Waals surface area contributed by atoms with Crippen molar-refractivity contribution in [3.8, 4) is 17.0 Å². The summed E-state index contributed by atoms with van der Waals surface area (Å²) < 4.78 is 18.4. The third-order valence-electron chi connectivity index (χ3n) is 3.47. The number of ether oxygens (including phenoxy) is 1. The molecular formula is C18H15FN2O2S. The van der Waals surface area contributed by atoms with Gasteiger partial charge in [-0.3, -0.25) is 10.1 Å². The highest BCUT2D eigenvalue weighted by Crippen LogP contribution is 2.31. The molecular weight excluding hydrogens is 327 g/mol. The van der Waals surface area contributed by atoms with E-state index in [-0.39, 0.29) is 11.5 Å². The van der Waals surface area contributed by atoms with Crippen LogP contribution in [0.1, 0.15) is 15.2 Å². The molecule has 0 bridgehead atoms. The van der Waals surface area contributed by atoms with Crippen molar-refractivity contribution in [2.75, 3.05) is 12.4 Å². The fourth-order valence-corrected chi connectivity index (χ4v) is 3.10. The van der Waals surface area contributed by atoms with Crippen LogP contribution in [0.5, 0.6) is 5.75 Å². The number of amides is 1. The normalized spacial score (nSPS) is 10.5. The Kier molecular flexibility index (Phi) is 4.57. The summed E-state index contributed by atoms with van der Waals surface area (Å²) in [5.74, 6) is -0.0623. The Morgan fingerprint density at radius 1 is 1.21 bits per heavy atom. The Bertz CT molecular complexity index is 875. The number of benzene rings is 2. The van der Waals surface area contributed by atoms with Crippen LogP contribution in [0.15, 0.2) is 48.5 Å². The molecule has 2 aromatic carbocycles. The average molecular weight is 342 g/mol. The van der Waals surface area contributed by atoms with Crippen molar-refractivity contribution >= 4 is 22.4 Å². The fraction of sp³-hybridized carbons (Fsp3) is 0.111. The van der Waals surface area contributed by atoms with E-state index in [1.807, 2.05) is 31.2 Å². The number of anilines is 1. The number of carbonyl (C=O) groups excluding carboxylic acids is 1. The van der Waals surface area contributed by atoms with Gasteiger partial charge in [-0.2, -0.15) is 0 Å². The van der Waals surface area contributed by atoms with Crippen molar-refractivity contribution in [2.45, 2.75) is 6.92 Å². The number of nitrogens with one attached hydrogen (secondary N) is 1. The van der Waals surface area contributed by atoms with Crippen LogP contribution in [0, 0.1) is 12.7 Å². The molecule has 1 aromatic heterocycles. The van der Waals surface area contributed by atoms with Crippen LogP contribution in [-0.2, 0) is 0 Å². The number of halogens is 1. The Balaban J connectivity index is 1.82. The van der Waals surface area contributed by atoms with Gasteiger partial charge in [0, 0.05) is 16.0 Å². The zero-order valence-electron chi connectivity index (χ0n) is 13.2. The standard InChI is InChI=1S/C18H15FN2O2S/c1-11-16(12-6-8-15(23-2)9-7-12)20-18(24-11)21-17(22)13-4-3-5-14(19)10-13/h3-10H,1-2H3,(H,20,21,22). The van der Waals surface area contributed by atoms with Gasteiger partial charge in [-0.05, 0) is 49.4 Å². The van der Waals surface area contributed by atoms with Crippen LogP contribution in [0.25, 0.3) is 11.3 Å². The number of hydrogen-bond acceptors (Lipinski definition) is 4. The second-order valence-corrected chi connectivity index (χ2v) is 6.32. The van der Waals surface area contributed by atoms with Gasteiger partial charge in [-0.1, -0.05) is 6.07 Å². The third-order valence-corrected chi connectivity index (χ3v) is 4.35. The summed E-state index contributed by atoms with van der Waals surface area (Å²) in [5.41, 5.74) is 2.00. The van der Waals surface area contributed by atoms with E-state index >= 15 is 0 Å². The molecule has 0 radical (unpaired) electrons. The maximum Gasteiger partial charge on any atom is 0.257 e. The predicted octanol–water partition coefficient (Wildman–Crippen LogP) is 4.52. The maximum atomic E-state index is 13.2. The predicted molar refractivity (Wildman–Crippen MR) is 93.2 cm³/mol. The van der Waals surface area contributed by atoms with Gasteiger partial charge in [0.25, 0.3) is 5.91 Å². The smallest absolute Gasteiger partial charge is 0.257 e. The summed E-state index contributed by atoms with van der Waals surface area (Å²) in [4.78, 5) is 17.6. The monoisotopic (exact) mass is 342 g/mol. The molecule has 122 valence electrons. The zero-order valence-corrected chi connectivity index (χ0v) is 14.0. The molecule has 1 amide bonds. The highest BCUT2D eigenvalue weighted by Gasteiger charge is 2.13. The molecule has 3 aromatic rings. The van der Waals surface area contributed by atoms with Gasteiger partial charge in [0.05, 0.1) is 12.8 Å². The van der Waals surface area contributed by atoms with Gasteiger partial charge in [0.1, 0.15) is 11.6 Å². The van der Waals surface area contributed by atoms with E-state index in [2.05, 4.69) is 10.3 Å². The van der Waals surface area contributed by atoms with E-state index in [4.69, 9.17) is 4.74 Å². The molecule has 0 fully saturated rings. The first-order chi connectivity index (χ1) is 11.6. The van der Waals surface area contributed by atoms with Crippen molar-refractivity contribution in [1.29, 1.82) is 0 Å². The molecule has 0 unspecified atom stereocenters.